The Labute approximate surface area is 148 Å². The van der Waals surface area contributed by atoms with Crippen LogP contribution in [-0.2, 0) is 11.2 Å². The summed E-state index contributed by atoms with van der Waals surface area (Å²) < 4.78 is 5.40. The number of para-hydroxylation sites is 2. The minimum absolute atomic E-state index is 0.188. The van der Waals surface area contributed by atoms with E-state index < -0.39 is 0 Å². The van der Waals surface area contributed by atoms with Gasteiger partial charge in [-0.3, -0.25) is 4.98 Å². The maximum atomic E-state index is 12.2. The molecule has 2 amide bonds. The van der Waals surface area contributed by atoms with Crippen molar-refractivity contribution in [2.45, 2.75) is 13.3 Å². The molecule has 1 aromatic heterocycles. The van der Waals surface area contributed by atoms with Gasteiger partial charge in [-0.05, 0) is 42.7 Å². The van der Waals surface area contributed by atoms with E-state index in [9.17, 15) is 4.79 Å². The lowest BCUT2D eigenvalue weighted by Gasteiger charge is -2.30. The van der Waals surface area contributed by atoms with Crippen molar-refractivity contribution in [3.63, 3.8) is 0 Å². The lowest BCUT2D eigenvalue weighted by molar-refractivity contribution is 0.123. The first-order chi connectivity index (χ1) is 12.2. The Kier molecular flexibility index (Phi) is 5.85. The molecule has 1 saturated heterocycles. The van der Waals surface area contributed by atoms with Crippen LogP contribution in [0.2, 0.25) is 0 Å². The van der Waals surface area contributed by atoms with Crippen LogP contribution in [0.1, 0.15) is 11.1 Å². The van der Waals surface area contributed by atoms with Gasteiger partial charge >= 0.3 is 6.03 Å². The Balaban J connectivity index is 1.55. The van der Waals surface area contributed by atoms with Gasteiger partial charge in [-0.1, -0.05) is 12.1 Å². The van der Waals surface area contributed by atoms with Gasteiger partial charge in [-0.15, -0.1) is 0 Å². The molecular formula is C19H24N4O2. The van der Waals surface area contributed by atoms with Crippen molar-refractivity contribution in [3.05, 3.63) is 53.9 Å². The minimum atomic E-state index is -0.188. The van der Waals surface area contributed by atoms with Gasteiger partial charge in [0.1, 0.15) is 0 Å². The second-order valence-corrected chi connectivity index (χ2v) is 6.05. The zero-order valence-corrected chi connectivity index (χ0v) is 14.5. The Bertz CT molecular complexity index is 714. The van der Waals surface area contributed by atoms with Gasteiger partial charge < -0.3 is 20.3 Å². The Morgan fingerprint density at radius 1 is 1.24 bits per heavy atom. The molecule has 0 bridgehead atoms. The number of nitrogens with zero attached hydrogens (tertiary/aromatic N) is 2. The van der Waals surface area contributed by atoms with Crippen molar-refractivity contribution in [1.29, 1.82) is 0 Å². The SMILES string of the molecule is Cc1cnccc1CCNC(=O)Nc1ccccc1N1CCOCC1. The van der Waals surface area contributed by atoms with Gasteiger partial charge in [0.2, 0.25) is 0 Å². The first-order valence-electron chi connectivity index (χ1n) is 8.60. The number of anilines is 2. The van der Waals surface area contributed by atoms with Crippen molar-refractivity contribution < 1.29 is 9.53 Å². The van der Waals surface area contributed by atoms with Crippen LogP contribution in [-0.4, -0.2) is 43.9 Å². The quantitative estimate of drug-likeness (QED) is 0.878. The van der Waals surface area contributed by atoms with Gasteiger partial charge in [0.25, 0.3) is 0 Å². The summed E-state index contributed by atoms with van der Waals surface area (Å²) in [5.41, 5.74) is 4.19. The van der Waals surface area contributed by atoms with Crippen LogP contribution in [0.3, 0.4) is 0 Å². The number of aromatic nitrogens is 1. The molecule has 2 aromatic rings. The fourth-order valence-electron chi connectivity index (χ4n) is 2.92. The van der Waals surface area contributed by atoms with Gasteiger partial charge in [0.15, 0.2) is 0 Å². The first kappa shape index (κ1) is 17.2. The van der Waals surface area contributed by atoms with E-state index in [-0.39, 0.29) is 6.03 Å². The monoisotopic (exact) mass is 340 g/mol. The van der Waals surface area contributed by atoms with E-state index >= 15 is 0 Å². The van der Waals surface area contributed by atoms with Crippen molar-refractivity contribution in [2.24, 2.45) is 0 Å². The summed E-state index contributed by atoms with van der Waals surface area (Å²) in [4.78, 5) is 18.6. The highest BCUT2D eigenvalue weighted by molar-refractivity contribution is 5.93. The van der Waals surface area contributed by atoms with Crippen LogP contribution in [0, 0.1) is 6.92 Å². The van der Waals surface area contributed by atoms with E-state index in [4.69, 9.17) is 4.74 Å². The highest BCUT2D eigenvalue weighted by Crippen LogP contribution is 2.26. The summed E-state index contributed by atoms with van der Waals surface area (Å²) in [6.45, 7) is 5.71. The van der Waals surface area contributed by atoms with E-state index in [1.165, 1.54) is 5.56 Å². The predicted octanol–water partition coefficient (Wildman–Crippen LogP) is 2.59. The Morgan fingerprint density at radius 2 is 2.04 bits per heavy atom. The third-order valence-electron chi connectivity index (χ3n) is 4.32. The van der Waals surface area contributed by atoms with E-state index in [1.807, 2.05) is 43.5 Å². The van der Waals surface area contributed by atoms with Gasteiger partial charge in [0, 0.05) is 32.0 Å². The van der Waals surface area contributed by atoms with Crippen molar-refractivity contribution in [1.82, 2.24) is 10.3 Å². The predicted molar refractivity (Wildman–Crippen MR) is 99.2 cm³/mol. The number of ether oxygens (including phenoxy) is 1. The number of carbonyl (C=O) groups is 1. The molecule has 3 rings (SSSR count). The van der Waals surface area contributed by atoms with Crippen molar-refractivity contribution in [2.75, 3.05) is 43.1 Å². The fourth-order valence-corrected chi connectivity index (χ4v) is 2.92. The van der Waals surface area contributed by atoms with Crippen LogP contribution >= 0.6 is 0 Å². The van der Waals surface area contributed by atoms with Crippen molar-refractivity contribution >= 4 is 17.4 Å². The standard InChI is InChI=1S/C19H24N4O2/c1-15-14-20-8-6-16(15)7-9-21-19(24)22-17-4-2-3-5-18(17)23-10-12-25-13-11-23/h2-6,8,14H,7,9-13H2,1H3,(H2,21,22,24). The number of amides is 2. The molecule has 0 aliphatic carbocycles. The number of nitrogens with one attached hydrogen (secondary N) is 2. The second kappa shape index (κ2) is 8.48. The van der Waals surface area contributed by atoms with E-state index in [0.717, 1.165) is 36.4 Å². The second-order valence-electron chi connectivity index (χ2n) is 6.05. The average molecular weight is 340 g/mol. The van der Waals surface area contributed by atoms with E-state index in [1.54, 1.807) is 6.20 Å². The number of aryl methyl sites for hydroxylation is 1. The molecule has 6 heteroatoms. The molecule has 1 aliphatic rings. The van der Waals surface area contributed by atoms with Crippen molar-refractivity contribution in [3.8, 4) is 0 Å². The van der Waals surface area contributed by atoms with E-state index in [2.05, 4.69) is 20.5 Å². The van der Waals surface area contributed by atoms with Gasteiger partial charge in [0.05, 0.1) is 24.6 Å². The maximum Gasteiger partial charge on any atom is 0.319 e. The third-order valence-corrected chi connectivity index (χ3v) is 4.32. The highest BCUT2D eigenvalue weighted by atomic mass is 16.5. The molecule has 1 fully saturated rings. The lowest BCUT2D eigenvalue weighted by Crippen LogP contribution is -2.37. The summed E-state index contributed by atoms with van der Waals surface area (Å²) in [7, 11) is 0. The van der Waals surface area contributed by atoms with Crippen LogP contribution in [0.4, 0.5) is 16.2 Å². The Hall–Kier alpha value is -2.60. The Morgan fingerprint density at radius 3 is 2.84 bits per heavy atom. The number of hydrogen-bond donors (Lipinski definition) is 2. The summed E-state index contributed by atoms with van der Waals surface area (Å²) in [6, 6.07) is 9.67. The van der Waals surface area contributed by atoms with Crippen LogP contribution in [0.5, 0.6) is 0 Å². The zero-order valence-electron chi connectivity index (χ0n) is 14.5. The molecule has 2 heterocycles. The summed E-state index contributed by atoms with van der Waals surface area (Å²) in [5.74, 6) is 0. The summed E-state index contributed by atoms with van der Waals surface area (Å²) in [5, 5.41) is 5.89. The molecule has 1 aromatic carbocycles. The third kappa shape index (κ3) is 4.70. The highest BCUT2D eigenvalue weighted by Gasteiger charge is 2.15. The molecule has 0 spiro atoms. The topological polar surface area (TPSA) is 66.5 Å². The number of carbonyl (C=O) groups excluding carboxylic acids is 1. The molecule has 0 atom stereocenters. The molecule has 1 aliphatic heterocycles. The summed E-state index contributed by atoms with van der Waals surface area (Å²) >= 11 is 0. The number of urea groups is 1. The minimum Gasteiger partial charge on any atom is -0.378 e. The molecule has 2 N–H and O–H groups in total. The largest absolute Gasteiger partial charge is 0.378 e. The number of rotatable bonds is 5. The zero-order chi connectivity index (χ0) is 17.5. The maximum absolute atomic E-state index is 12.2. The molecule has 0 saturated carbocycles. The normalized spacial score (nSPS) is 14.2. The van der Waals surface area contributed by atoms with E-state index in [0.29, 0.717) is 19.8 Å². The van der Waals surface area contributed by atoms with Gasteiger partial charge in [-0.25, -0.2) is 4.79 Å². The molecule has 132 valence electrons. The molecule has 0 unspecified atom stereocenters. The molecular weight excluding hydrogens is 316 g/mol. The van der Waals surface area contributed by atoms with Crippen LogP contribution in [0.15, 0.2) is 42.7 Å². The number of morpholine rings is 1. The first-order valence-corrected chi connectivity index (χ1v) is 8.60. The molecule has 0 radical (unpaired) electrons. The fraction of sp³-hybridized carbons (Fsp3) is 0.368. The lowest BCUT2D eigenvalue weighted by atomic mass is 10.1. The van der Waals surface area contributed by atoms with Crippen LogP contribution in [0.25, 0.3) is 0 Å². The number of benzene rings is 1. The average Bonchev–Trinajstić information content (AvgIpc) is 2.64. The number of hydrogen-bond acceptors (Lipinski definition) is 4. The summed E-state index contributed by atoms with van der Waals surface area (Å²) in [6.07, 6.45) is 4.40. The molecule has 6 nitrogen and oxygen atoms in total. The van der Waals surface area contributed by atoms with Gasteiger partial charge in [-0.2, -0.15) is 0 Å². The number of pyridine rings is 1. The molecule has 25 heavy (non-hydrogen) atoms. The smallest absolute Gasteiger partial charge is 0.319 e. The van der Waals surface area contributed by atoms with Crippen LogP contribution < -0.4 is 15.5 Å².